The van der Waals surface area contributed by atoms with Gasteiger partial charge in [-0.1, -0.05) is 84.9 Å². The first-order chi connectivity index (χ1) is 15.7. The van der Waals surface area contributed by atoms with Crippen LogP contribution in [-0.4, -0.2) is 34.7 Å². The van der Waals surface area contributed by atoms with Gasteiger partial charge in [0.25, 0.3) is 0 Å². The fraction of sp³-hybridized carbons (Fsp3) is 0.0714. The number of rotatable bonds is 7. The molecule has 0 fully saturated rings. The third-order valence-corrected chi connectivity index (χ3v) is 5.05. The third kappa shape index (κ3) is 5.97. The monoisotopic (exact) mass is 479 g/mol. The van der Waals surface area contributed by atoms with Gasteiger partial charge in [-0.2, -0.15) is 0 Å². The average molecular weight is 479 g/mol. The summed E-state index contributed by atoms with van der Waals surface area (Å²) in [5.74, 6) is 0.385. The average Bonchev–Trinajstić information content (AvgIpc) is 2.84. The third-order valence-electron chi connectivity index (χ3n) is 5.05. The number of nitrogens with zero attached hydrogens (tertiary/aromatic N) is 2. The number of aliphatic imine (C=N–C) groups is 2. The summed E-state index contributed by atoms with van der Waals surface area (Å²) in [6.45, 7) is 0.866. The number of aromatic hydroxyl groups is 2. The summed E-state index contributed by atoms with van der Waals surface area (Å²) in [7, 11) is 0. The molecule has 0 atom stereocenters. The molecule has 33 heavy (non-hydrogen) atoms. The van der Waals surface area contributed by atoms with Crippen molar-refractivity contribution in [1.82, 2.24) is 0 Å². The molecule has 0 saturated carbocycles. The molecule has 0 unspecified atom stereocenters. The Labute approximate surface area is 204 Å². The predicted molar refractivity (Wildman–Crippen MR) is 130 cm³/mol. The van der Waals surface area contributed by atoms with Gasteiger partial charge in [0.2, 0.25) is 0 Å². The maximum Gasteiger partial charge on any atom is 0.124 e. The first-order valence-electron chi connectivity index (χ1n) is 10.5. The molecule has 2 N–H and O–H groups in total. The van der Waals surface area contributed by atoms with Crippen LogP contribution in [0, 0.1) is 0 Å². The Kier molecular flexibility index (Phi) is 8.58. The summed E-state index contributed by atoms with van der Waals surface area (Å²) in [6, 6.07) is 34.0. The zero-order valence-corrected chi connectivity index (χ0v) is 19.0. The maximum absolute atomic E-state index is 10.4. The summed E-state index contributed by atoms with van der Waals surface area (Å²) in [5, 5.41) is 20.8. The Hall–Kier alpha value is -3.67. The van der Waals surface area contributed by atoms with Gasteiger partial charge in [0.15, 0.2) is 0 Å². The molecule has 167 valence electrons. The van der Waals surface area contributed by atoms with Gasteiger partial charge in [0.1, 0.15) is 11.5 Å². The van der Waals surface area contributed by atoms with Crippen LogP contribution in [0.2, 0.25) is 0 Å². The second-order valence-electron chi connectivity index (χ2n) is 7.23. The second kappa shape index (κ2) is 11.8. The van der Waals surface area contributed by atoms with Crippen molar-refractivity contribution in [3.8, 4) is 11.5 Å². The molecule has 0 bridgehead atoms. The molecule has 0 spiro atoms. The molecular weight excluding hydrogens is 455 g/mol. The van der Waals surface area contributed by atoms with Crippen molar-refractivity contribution in [2.75, 3.05) is 13.1 Å². The molecule has 4 aromatic carbocycles. The van der Waals surface area contributed by atoms with Crippen molar-refractivity contribution < 1.29 is 27.0 Å². The van der Waals surface area contributed by atoms with Crippen LogP contribution in [0.5, 0.6) is 11.5 Å². The van der Waals surface area contributed by atoms with E-state index in [0.29, 0.717) is 24.2 Å². The van der Waals surface area contributed by atoms with Crippen LogP contribution in [-0.2, 0) is 16.8 Å². The fourth-order valence-corrected chi connectivity index (χ4v) is 3.53. The normalized spacial score (nSPS) is 11.6. The largest absolute Gasteiger partial charge is 0.507 e. The minimum Gasteiger partial charge on any atom is -0.507 e. The van der Waals surface area contributed by atoms with Crippen molar-refractivity contribution in [1.29, 1.82) is 0 Å². The van der Waals surface area contributed by atoms with Gasteiger partial charge in [-0.05, 0) is 24.3 Å². The number of phenols is 2. The number of hydrogen-bond donors (Lipinski definition) is 2. The van der Waals surface area contributed by atoms with Crippen LogP contribution in [0.3, 0.4) is 0 Å². The van der Waals surface area contributed by atoms with Crippen LogP contribution < -0.4 is 0 Å². The van der Waals surface area contributed by atoms with Gasteiger partial charge in [0, 0.05) is 39.0 Å². The van der Waals surface area contributed by atoms with Crippen LogP contribution >= 0.6 is 0 Å². The van der Waals surface area contributed by atoms with Gasteiger partial charge in [0.05, 0.1) is 24.5 Å². The molecule has 0 amide bonds. The standard InChI is InChI=1S/C28H24N2O2.Co/c31-25-17-9-7-15-23(25)27(21-11-3-1-4-12-21)29-19-20-30-28(22-13-5-2-6-14-22)24-16-8-10-18-26(24)32;/h1-18,31-32H,19-20H2;. The summed E-state index contributed by atoms with van der Waals surface area (Å²) < 4.78 is 0. The smallest absolute Gasteiger partial charge is 0.124 e. The maximum atomic E-state index is 10.4. The Morgan fingerprint density at radius 2 is 0.818 bits per heavy atom. The molecule has 4 aromatic rings. The number of benzene rings is 4. The number of para-hydroxylation sites is 2. The molecule has 0 saturated heterocycles. The summed E-state index contributed by atoms with van der Waals surface area (Å²) in [5.41, 5.74) is 4.69. The zero-order valence-electron chi connectivity index (χ0n) is 17.9. The first-order valence-corrected chi connectivity index (χ1v) is 10.5. The molecular formula is C28H24CoN2O2. The van der Waals surface area contributed by atoms with E-state index in [4.69, 9.17) is 9.98 Å². The Bertz CT molecular complexity index is 1140. The van der Waals surface area contributed by atoms with E-state index in [1.54, 1.807) is 24.3 Å². The Balaban J connectivity index is 0.00000306. The molecule has 0 aromatic heterocycles. The molecule has 0 heterocycles. The van der Waals surface area contributed by atoms with Crippen molar-refractivity contribution in [3.05, 3.63) is 131 Å². The zero-order chi connectivity index (χ0) is 22.2. The molecule has 0 aliphatic heterocycles. The van der Waals surface area contributed by atoms with Crippen LogP contribution in [0.1, 0.15) is 22.3 Å². The molecule has 5 heteroatoms. The SMILES string of the molecule is Oc1ccccc1C(=NCCN=C(c1ccccc1)c1ccccc1O)c1ccccc1.[Co]. The fourth-order valence-electron chi connectivity index (χ4n) is 3.53. The minimum absolute atomic E-state index is 0. The van der Waals surface area contributed by atoms with E-state index in [9.17, 15) is 10.2 Å². The van der Waals surface area contributed by atoms with Crippen LogP contribution in [0.4, 0.5) is 0 Å². The van der Waals surface area contributed by atoms with E-state index in [1.165, 1.54) is 0 Å². The van der Waals surface area contributed by atoms with Gasteiger partial charge < -0.3 is 10.2 Å². The van der Waals surface area contributed by atoms with Crippen molar-refractivity contribution in [2.45, 2.75) is 0 Å². The van der Waals surface area contributed by atoms with E-state index in [0.717, 1.165) is 22.6 Å². The van der Waals surface area contributed by atoms with Crippen LogP contribution in [0.15, 0.2) is 119 Å². The van der Waals surface area contributed by atoms with Gasteiger partial charge in [-0.25, -0.2) is 0 Å². The Morgan fingerprint density at radius 1 is 0.485 bits per heavy atom. The van der Waals surface area contributed by atoms with Crippen molar-refractivity contribution in [2.24, 2.45) is 9.98 Å². The van der Waals surface area contributed by atoms with Gasteiger partial charge in [-0.15, -0.1) is 0 Å². The van der Waals surface area contributed by atoms with E-state index < -0.39 is 0 Å². The first kappa shape index (κ1) is 24.0. The molecule has 0 aliphatic rings. The minimum atomic E-state index is 0. The number of phenolic OH excluding ortho intramolecular Hbond substituents is 2. The Morgan fingerprint density at radius 3 is 1.18 bits per heavy atom. The summed E-state index contributed by atoms with van der Waals surface area (Å²) >= 11 is 0. The van der Waals surface area contributed by atoms with E-state index >= 15 is 0 Å². The molecule has 4 nitrogen and oxygen atoms in total. The molecule has 4 rings (SSSR count). The topological polar surface area (TPSA) is 65.2 Å². The summed E-state index contributed by atoms with van der Waals surface area (Å²) in [4.78, 5) is 9.59. The van der Waals surface area contributed by atoms with Crippen molar-refractivity contribution >= 4 is 11.4 Å². The van der Waals surface area contributed by atoms with E-state index in [2.05, 4.69) is 0 Å². The second-order valence-corrected chi connectivity index (χ2v) is 7.23. The van der Waals surface area contributed by atoms with Gasteiger partial charge in [-0.3, -0.25) is 9.98 Å². The molecule has 1 radical (unpaired) electrons. The number of hydrogen-bond acceptors (Lipinski definition) is 4. The van der Waals surface area contributed by atoms with E-state index in [1.807, 2.05) is 84.9 Å². The van der Waals surface area contributed by atoms with Crippen LogP contribution in [0.25, 0.3) is 0 Å². The van der Waals surface area contributed by atoms with E-state index in [-0.39, 0.29) is 28.3 Å². The predicted octanol–water partition coefficient (Wildman–Crippen LogP) is 5.47. The quantitative estimate of drug-likeness (QED) is 0.273. The van der Waals surface area contributed by atoms with Gasteiger partial charge >= 0.3 is 0 Å². The summed E-state index contributed by atoms with van der Waals surface area (Å²) in [6.07, 6.45) is 0. The van der Waals surface area contributed by atoms with Crippen molar-refractivity contribution in [3.63, 3.8) is 0 Å². The molecule has 0 aliphatic carbocycles.